The van der Waals surface area contributed by atoms with E-state index in [1.54, 1.807) is 6.08 Å². The average molecular weight is 367 g/mol. The van der Waals surface area contributed by atoms with Gasteiger partial charge in [0.2, 0.25) is 0 Å². The number of halogens is 1. The second kappa shape index (κ2) is 7.68. The standard InChI is InChI=1S/C14H17BrN2O2.C3H6/c1-2-19-14(18)17-7-6-12-10(8-17)9-4-3-5-11(15)13(9)16-12;1-3-2/h3-5,10,12,16H,2,6-8H2,1H3;3H,1H2,2H3. The van der Waals surface area contributed by atoms with Crippen LogP contribution in [-0.4, -0.2) is 36.7 Å². The van der Waals surface area contributed by atoms with Gasteiger partial charge in [0.05, 0.1) is 12.3 Å². The molecule has 0 saturated carbocycles. The van der Waals surface area contributed by atoms with E-state index in [4.69, 9.17) is 4.74 Å². The molecule has 2 heterocycles. The largest absolute Gasteiger partial charge is 0.450 e. The normalized spacial score (nSPS) is 21.7. The lowest BCUT2D eigenvalue weighted by Crippen LogP contribution is -2.45. The lowest BCUT2D eigenvalue weighted by Gasteiger charge is -2.34. The number of likely N-dealkylation sites (tertiary alicyclic amines) is 1. The van der Waals surface area contributed by atoms with E-state index in [1.807, 2.05) is 24.8 Å². The minimum absolute atomic E-state index is 0.190. The topological polar surface area (TPSA) is 41.6 Å². The van der Waals surface area contributed by atoms with E-state index in [0.717, 1.165) is 24.0 Å². The summed E-state index contributed by atoms with van der Waals surface area (Å²) in [5, 5.41) is 3.57. The zero-order valence-corrected chi connectivity index (χ0v) is 14.7. The van der Waals surface area contributed by atoms with Crippen molar-refractivity contribution >= 4 is 27.7 Å². The molecule has 1 fully saturated rings. The van der Waals surface area contributed by atoms with Crippen molar-refractivity contribution in [2.45, 2.75) is 32.2 Å². The van der Waals surface area contributed by atoms with Gasteiger partial charge in [0.25, 0.3) is 0 Å². The Bertz CT molecular complexity index is 547. The first-order valence-electron chi connectivity index (χ1n) is 7.66. The van der Waals surface area contributed by atoms with E-state index >= 15 is 0 Å². The van der Waals surface area contributed by atoms with Gasteiger partial charge in [-0.25, -0.2) is 4.79 Å². The van der Waals surface area contributed by atoms with E-state index in [1.165, 1.54) is 11.3 Å². The van der Waals surface area contributed by atoms with Crippen LogP contribution < -0.4 is 5.32 Å². The Morgan fingerprint density at radius 1 is 1.59 bits per heavy atom. The van der Waals surface area contributed by atoms with Crippen LogP contribution >= 0.6 is 15.9 Å². The van der Waals surface area contributed by atoms with Crippen LogP contribution in [0.1, 0.15) is 31.7 Å². The highest BCUT2D eigenvalue weighted by Crippen LogP contribution is 2.43. The van der Waals surface area contributed by atoms with E-state index < -0.39 is 0 Å². The molecule has 3 rings (SSSR count). The number of benzene rings is 1. The van der Waals surface area contributed by atoms with Crippen LogP contribution in [0.4, 0.5) is 10.5 Å². The summed E-state index contributed by atoms with van der Waals surface area (Å²) in [4.78, 5) is 13.7. The Morgan fingerprint density at radius 2 is 2.32 bits per heavy atom. The molecule has 1 aromatic carbocycles. The van der Waals surface area contributed by atoms with Crippen molar-refractivity contribution in [1.29, 1.82) is 0 Å². The molecule has 22 heavy (non-hydrogen) atoms. The van der Waals surface area contributed by atoms with Crippen molar-refractivity contribution in [2.75, 3.05) is 25.0 Å². The Morgan fingerprint density at radius 3 is 3.00 bits per heavy atom. The maximum atomic E-state index is 11.8. The van der Waals surface area contributed by atoms with Gasteiger partial charge in [-0.3, -0.25) is 0 Å². The number of piperidine rings is 1. The first-order chi connectivity index (χ1) is 10.6. The minimum Gasteiger partial charge on any atom is -0.450 e. The van der Waals surface area contributed by atoms with Gasteiger partial charge < -0.3 is 15.0 Å². The summed E-state index contributed by atoms with van der Waals surface area (Å²) in [5.41, 5.74) is 2.48. The number of amides is 1. The zero-order valence-electron chi connectivity index (χ0n) is 13.1. The molecule has 4 nitrogen and oxygen atoms in total. The molecule has 0 spiro atoms. The van der Waals surface area contributed by atoms with Gasteiger partial charge in [-0.15, -0.1) is 6.58 Å². The van der Waals surface area contributed by atoms with Gasteiger partial charge in [-0.2, -0.15) is 0 Å². The monoisotopic (exact) mass is 366 g/mol. The van der Waals surface area contributed by atoms with Crippen LogP contribution in [0.15, 0.2) is 35.3 Å². The van der Waals surface area contributed by atoms with Crippen molar-refractivity contribution in [3.63, 3.8) is 0 Å². The first kappa shape index (κ1) is 16.9. The van der Waals surface area contributed by atoms with Gasteiger partial charge in [-0.1, -0.05) is 18.2 Å². The fourth-order valence-corrected chi connectivity index (χ4v) is 3.50. The van der Waals surface area contributed by atoms with E-state index in [-0.39, 0.29) is 6.09 Å². The third-order valence-electron chi connectivity index (χ3n) is 3.91. The molecule has 0 bridgehead atoms. The highest BCUT2D eigenvalue weighted by molar-refractivity contribution is 9.10. The van der Waals surface area contributed by atoms with Crippen LogP contribution in [0.5, 0.6) is 0 Å². The third kappa shape index (κ3) is 3.46. The Balaban J connectivity index is 0.000000545. The molecular weight excluding hydrogens is 344 g/mol. The van der Waals surface area contributed by atoms with Crippen molar-refractivity contribution in [2.24, 2.45) is 0 Å². The van der Waals surface area contributed by atoms with Crippen molar-refractivity contribution in [3.8, 4) is 0 Å². The number of rotatable bonds is 1. The van der Waals surface area contributed by atoms with Gasteiger partial charge >= 0.3 is 6.09 Å². The van der Waals surface area contributed by atoms with Crippen LogP contribution in [-0.2, 0) is 4.74 Å². The van der Waals surface area contributed by atoms with E-state index in [9.17, 15) is 4.79 Å². The summed E-state index contributed by atoms with van der Waals surface area (Å²) in [6, 6.07) is 6.67. The quantitative estimate of drug-likeness (QED) is 0.749. The van der Waals surface area contributed by atoms with Gasteiger partial charge in [0, 0.05) is 29.5 Å². The number of carbonyl (C=O) groups excluding carboxylic acids is 1. The predicted octanol–water partition coefficient (Wildman–Crippen LogP) is 4.38. The number of ether oxygens (including phenoxy) is 1. The SMILES string of the molecule is C=CC.CCOC(=O)N1CCC2Nc3c(Br)cccc3C2C1. The first-order valence-corrected chi connectivity index (χ1v) is 8.45. The summed E-state index contributed by atoms with van der Waals surface area (Å²) >= 11 is 3.58. The van der Waals surface area contributed by atoms with E-state index in [0.29, 0.717) is 18.6 Å². The number of hydrogen-bond donors (Lipinski definition) is 1. The molecular formula is C17H23BrN2O2. The Hall–Kier alpha value is -1.49. The second-order valence-corrected chi connectivity index (χ2v) is 6.26. The molecule has 1 saturated heterocycles. The Kier molecular flexibility index (Phi) is 5.89. The van der Waals surface area contributed by atoms with Gasteiger partial charge in [-0.05, 0) is 47.8 Å². The van der Waals surface area contributed by atoms with Crippen molar-refractivity contribution < 1.29 is 9.53 Å². The van der Waals surface area contributed by atoms with Crippen LogP contribution in [0, 0.1) is 0 Å². The molecule has 2 unspecified atom stereocenters. The number of nitrogens with zero attached hydrogens (tertiary/aromatic N) is 1. The zero-order chi connectivity index (χ0) is 16.1. The summed E-state index contributed by atoms with van der Waals surface area (Å²) in [7, 11) is 0. The van der Waals surface area contributed by atoms with Gasteiger partial charge in [0.1, 0.15) is 0 Å². The van der Waals surface area contributed by atoms with Gasteiger partial charge in [0.15, 0.2) is 0 Å². The fraction of sp³-hybridized carbons (Fsp3) is 0.471. The number of hydrogen-bond acceptors (Lipinski definition) is 3. The summed E-state index contributed by atoms with van der Waals surface area (Å²) in [6.45, 7) is 9.02. The summed E-state index contributed by atoms with van der Waals surface area (Å²) < 4.78 is 6.20. The lowest BCUT2D eigenvalue weighted by atomic mass is 9.89. The molecule has 0 aromatic heterocycles. The Labute approximate surface area is 140 Å². The second-order valence-electron chi connectivity index (χ2n) is 5.40. The maximum Gasteiger partial charge on any atom is 0.409 e. The number of carbonyl (C=O) groups is 1. The molecule has 2 aliphatic heterocycles. The number of nitrogens with one attached hydrogen (secondary N) is 1. The summed E-state index contributed by atoms with van der Waals surface area (Å²) in [5.74, 6) is 0.366. The van der Waals surface area contributed by atoms with E-state index in [2.05, 4.69) is 40.0 Å². The lowest BCUT2D eigenvalue weighted by molar-refractivity contribution is 0.0949. The highest BCUT2D eigenvalue weighted by Gasteiger charge is 2.39. The van der Waals surface area contributed by atoms with Crippen molar-refractivity contribution in [1.82, 2.24) is 4.90 Å². The third-order valence-corrected chi connectivity index (χ3v) is 4.57. The molecule has 0 aliphatic carbocycles. The number of anilines is 1. The fourth-order valence-electron chi connectivity index (χ4n) is 3.01. The minimum atomic E-state index is -0.190. The number of fused-ring (bicyclic) bond motifs is 3. The molecule has 1 amide bonds. The van der Waals surface area contributed by atoms with Crippen LogP contribution in [0.25, 0.3) is 0 Å². The molecule has 5 heteroatoms. The molecule has 0 radical (unpaired) electrons. The smallest absolute Gasteiger partial charge is 0.409 e. The number of para-hydroxylation sites is 1. The molecule has 2 atom stereocenters. The molecule has 120 valence electrons. The molecule has 2 aliphatic rings. The van der Waals surface area contributed by atoms with Crippen molar-refractivity contribution in [3.05, 3.63) is 40.9 Å². The predicted molar refractivity (Wildman–Crippen MR) is 93.4 cm³/mol. The molecule has 1 N–H and O–H groups in total. The maximum absolute atomic E-state index is 11.8. The molecule has 1 aromatic rings. The van der Waals surface area contributed by atoms with Crippen LogP contribution in [0.3, 0.4) is 0 Å². The average Bonchev–Trinajstić information content (AvgIpc) is 2.88. The highest BCUT2D eigenvalue weighted by atomic mass is 79.9. The number of allylic oxidation sites excluding steroid dienone is 1. The summed E-state index contributed by atoms with van der Waals surface area (Å²) in [6.07, 6.45) is 2.52. The van der Waals surface area contributed by atoms with Crippen LogP contribution in [0.2, 0.25) is 0 Å².